The van der Waals surface area contributed by atoms with Crippen LogP contribution in [0.2, 0.25) is 0 Å². The standard InChI is InChI=1S/C34H33FN4O3S/c1-19(2)17-25-29(32(36)40)31(30-26(37-25)18-39(34(30)42)16-15-20-7-10-22(35)11-8-20)27-13-14-28(43-27)33(41)38-24-12-9-21-5-3-4-6-23(21)24/h3-8,10-11,13-14,19,24H,9,12,15-18H2,1-2H3,(H2,36,40)(H,38,41). The Bertz CT molecular complexity index is 1730. The third kappa shape index (κ3) is 5.69. The number of carbonyl (C=O) groups excluding carboxylic acids is 3. The Morgan fingerprint density at radius 2 is 1.86 bits per heavy atom. The maximum Gasteiger partial charge on any atom is 0.261 e. The van der Waals surface area contributed by atoms with Crippen LogP contribution in [0.25, 0.3) is 10.4 Å². The Morgan fingerprint density at radius 1 is 1.09 bits per heavy atom. The SMILES string of the molecule is CC(C)Cc1nc2c(c(-c3ccc(C(=O)NC4CCc5ccccc54)s3)c1C(N)=O)C(=O)N(CCc1ccc(F)cc1)C2. The molecule has 0 saturated carbocycles. The van der Waals surface area contributed by atoms with Crippen LogP contribution < -0.4 is 11.1 Å². The smallest absolute Gasteiger partial charge is 0.261 e. The topological polar surface area (TPSA) is 105 Å². The second kappa shape index (κ2) is 11.7. The van der Waals surface area contributed by atoms with E-state index in [2.05, 4.69) is 17.4 Å². The van der Waals surface area contributed by atoms with E-state index >= 15 is 0 Å². The van der Waals surface area contributed by atoms with Gasteiger partial charge >= 0.3 is 0 Å². The van der Waals surface area contributed by atoms with E-state index in [4.69, 9.17) is 10.7 Å². The number of nitrogens with zero attached hydrogens (tertiary/aromatic N) is 2. The zero-order valence-electron chi connectivity index (χ0n) is 24.2. The normalized spacial score (nSPS) is 15.6. The Kier molecular flexibility index (Phi) is 7.83. The van der Waals surface area contributed by atoms with Crippen molar-refractivity contribution in [1.29, 1.82) is 0 Å². The lowest BCUT2D eigenvalue weighted by Gasteiger charge is -2.16. The summed E-state index contributed by atoms with van der Waals surface area (Å²) in [5, 5.41) is 3.16. The van der Waals surface area contributed by atoms with Crippen LogP contribution in [-0.2, 0) is 25.8 Å². The van der Waals surface area contributed by atoms with Crippen LogP contribution in [0.5, 0.6) is 0 Å². The molecule has 3 amide bonds. The zero-order chi connectivity index (χ0) is 30.2. The number of hydrogen-bond acceptors (Lipinski definition) is 5. The molecule has 0 spiro atoms. The van der Waals surface area contributed by atoms with Gasteiger partial charge in [0.2, 0.25) is 0 Å². The van der Waals surface area contributed by atoms with Crippen molar-refractivity contribution in [3.63, 3.8) is 0 Å². The molecule has 1 aliphatic heterocycles. The minimum Gasteiger partial charge on any atom is -0.366 e. The van der Waals surface area contributed by atoms with Crippen LogP contribution in [0.1, 0.15) is 84.8 Å². The summed E-state index contributed by atoms with van der Waals surface area (Å²) in [6.45, 7) is 4.78. The lowest BCUT2D eigenvalue weighted by Crippen LogP contribution is -2.26. The molecule has 0 fully saturated rings. The lowest BCUT2D eigenvalue weighted by molar-refractivity contribution is 0.0780. The summed E-state index contributed by atoms with van der Waals surface area (Å²) in [6.07, 6.45) is 2.82. The number of rotatable bonds is 9. The van der Waals surface area contributed by atoms with Crippen LogP contribution in [0.3, 0.4) is 0 Å². The van der Waals surface area contributed by atoms with Crippen molar-refractivity contribution in [3.05, 3.63) is 111 Å². The van der Waals surface area contributed by atoms with Crippen LogP contribution in [0.15, 0.2) is 60.7 Å². The molecule has 220 valence electrons. The fourth-order valence-corrected chi connectivity index (χ4v) is 7.08. The van der Waals surface area contributed by atoms with Gasteiger partial charge in [0.25, 0.3) is 17.7 Å². The first-order chi connectivity index (χ1) is 20.7. The Hall–Kier alpha value is -4.37. The van der Waals surface area contributed by atoms with Crippen LogP contribution >= 0.6 is 11.3 Å². The highest BCUT2D eigenvalue weighted by Gasteiger charge is 2.36. The quantitative estimate of drug-likeness (QED) is 0.252. The molecule has 7 nitrogen and oxygen atoms in total. The Morgan fingerprint density at radius 3 is 2.60 bits per heavy atom. The molecule has 2 aliphatic rings. The maximum atomic E-state index is 13.9. The predicted octanol–water partition coefficient (Wildman–Crippen LogP) is 5.86. The Balaban J connectivity index is 1.34. The first-order valence-corrected chi connectivity index (χ1v) is 15.4. The number of thiophene rings is 1. The summed E-state index contributed by atoms with van der Waals surface area (Å²) in [4.78, 5) is 47.8. The molecular formula is C34H33FN4O3S. The average molecular weight is 597 g/mol. The number of pyridine rings is 1. The largest absolute Gasteiger partial charge is 0.366 e. The Labute approximate surface area is 253 Å². The van der Waals surface area contributed by atoms with Gasteiger partial charge in [-0.3, -0.25) is 19.4 Å². The average Bonchev–Trinajstić information content (AvgIpc) is 3.70. The van der Waals surface area contributed by atoms with E-state index in [1.165, 1.54) is 29.0 Å². The number of fused-ring (bicyclic) bond motifs is 2. The molecule has 0 radical (unpaired) electrons. The van der Waals surface area contributed by atoms with Gasteiger partial charge in [-0.2, -0.15) is 0 Å². The van der Waals surface area contributed by atoms with E-state index in [-0.39, 0.29) is 35.2 Å². The van der Waals surface area contributed by atoms with Gasteiger partial charge < -0.3 is 16.0 Å². The lowest BCUT2D eigenvalue weighted by atomic mass is 9.93. The predicted molar refractivity (Wildman–Crippen MR) is 164 cm³/mol. The number of amides is 3. The molecule has 6 rings (SSSR count). The molecule has 2 aromatic heterocycles. The van der Waals surface area contributed by atoms with Gasteiger partial charge in [0.15, 0.2) is 0 Å². The van der Waals surface area contributed by atoms with Gasteiger partial charge in [0.05, 0.1) is 40.0 Å². The van der Waals surface area contributed by atoms with Gasteiger partial charge in [-0.25, -0.2) is 4.39 Å². The zero-order valence-corrected chi connectivity index (χ0v) is 25.0. The van der Waals surface area contributed by atoms with E-state index in [1.54, 1.807) is 29.2 Å². The van der Waals surface area contributed by atoms with Crippen molar-refractivity contribution in [1.82, 2.24) is 15.2 Å². The van der Waals surface area contributed by atoms with Crippen LogP contribution in [0.4, 0.5) is 4.39 Å². The number of aromatic nitrogens is 1. The summed E-state index contributed by atoms with van der Waals surface area (Å²) >= 11 is 1.24. The van der Waals surface area contributed by atoms with Gasteiger partial charge in [0.1, 0.15) is 5.82 Å². The van der Waals surface area contributed by atoms with Crippen molar-refractivity contribution < 1.29 is 18.8 Å². The number of nitrogens with two attached hydrogens (primary N) is 1. The highest BCUT2D eigenvalue weighted by Crippen LogP contribution is 2.40. The van der Waals surface area contributed by atoms with Crippen molar-refractivity contribution >= 4 is 29.1 Å². The summed E-state index contributed by atoms with van der Waals surface area (Å²) in [5.41, 5.74) is 11.5. The van der Waals surface area contributed by atoms with Crippen molar-refractivity contribution in [2.45, 2.75) is 52.1 Å². The van der Waals surface area contributed by atoms with Gasteiger partial charge in [0, 0.05) is 17.0 Å². The molecule has 0 bridgehead atoms. The summed E-state index contributed by atoms with van der Waals surface area (Å²) < 4.78 is 13.4. The minimum absolute atomic E-state index is 0.0607. The van der Waals surface area contributed by atoms with E-state index in [9.17, 15) is 18.8 Å². The third-order valence-electron chi connectivity index (χ3n) is 8.13. The van der Waals surface area contributed by atoms with Crippen molar-refractivity contribution in [3.8, 4) is 10.4 Å². The molecule has 3 heterocycles. The molecule has 1 atom stereocenters. The third-order valence-corrected chi connectivity index (χ3v) is 9.24. The number of hydrogen-bond donors (Lipinski definition) is 2. The molecule has 1 aliphatic carbocycles. The van der Waals surface area contributed by atoms with Gasteiger partial charge in [-0.15, -0.1) is 11.3 Å². The van der Waals surface area contributed by atoms with Crippen LogP contribution in [-0.4, -0.2) is 34.2 Å². The van der Waals surface area contributed by atoms with Crippen molar-refractivity contribution in [2.75, 3.05) is 6.54 Å². The molecule has 9 heteroatoms. The summed E-state index contributed by atoms with van der Waals surface area (Å²) in [5.74, 6) is -1.20. The molecule has 43 heavy (non-hydrogen) atoms. The van der Waals surface area contributed by atoms with Gasteiger partial charge in [-0.1, -0.05) is 50.2 Å². The molecule has 1 unspecified atom stereocenters. The fraction of sp³-hybridized carbons (Fsp3) is 0.294. The van der Waals surface area contributed by atoms with Gasteiger partial charge in [-0.05, 0) is 72.6 Å². The number of benzene rings is 2. The molecule has 3 N–H and O–H groups in total. The number of carbonyl (C=O) groups is 3. The van der Waals surface area contributed by atoms with E-state index in [0.717, 1.165) is 24.0 Å². The molecule has 4 aromatic rings. The number of halogens is 1. The highest BCUT2D eigenvalue weighted by molar-refractivity contribution is 7.17. The fourth-order valence-electron chi connectivity index (χ4n) is 6.12. The van der Waals surface area contributed by atoms with E-state index in [1.807, 2.05) is 26.0 Å². The second-order valence-corrected chi connectivity index (χ2v) is 12.7. The number of nitrogens with one attached hydrogen (secondary N) is 1. The highest BCUT2D eigenvalue weighted by atomic mass is 32.1. The van der Waals surface area contributed by atoms with E-state index < -0.39 is 5.91 Å². The van der Waals surface area contributed by atoms with E-state index in [0.29, 0.717) is 58.2 Å². The molecule has 2 aromatic carbocycles. The monoisotopic (exact) mass is 596 g/mol. The van der Waals surface area contributed by atoms with Crippen molar-refractivity contribution in [2.24, 2.45) is 11.7 Å². The summed E-state index contributed by atoms with van der Waals surface area (Å²) in [6, 6.07) is 17.8. The summed E-state index contributed by atoms with van der Waals surface area (Å²) in [7, 11) is 0. The van der Waals surface area contributed by atoms with Crippen LogP contribution in [0, 0.1) is 11.7 Å². The minimum atomic E-state index is -0.652. The molecular weight excluding hydrogens is 563 g/mol. The second-order valence-electron chi connectivity index (χ2n) is 11.6. The first-order valence-electron chi connectivity index (χ1n) is 14.6. The number of aryl methyl sites for hydroxylation is 1. The number of primary amides is 1. The maximum absolute atomic E-state index is 13.9. The molecule has 0 saturated heterocycles. The first kappa shape index (κ1) is 28.7.